The standard InChI is InChI=1S/C21H40N4O3/c1-2-22-21(24-10-5-13-28-17-19-8-14-27-15-9-19)25-12-11-23-20(26)16-18-6-3-4-7-18/h18-19H,2-17H2,1H3,(H,23,26)(H2,22,24,25). The van der Waals surface area contributed by atoms with E-state index in [0.29, 0.717) is 31.3 Å². The van der Waals surface area contributed by atoms with Crippen LogP contribution in [0.3, 0.4) is 0 Å². The van der Waals surface area contributed by atoms with E-state index in [0.717, 1.165) is 64.7 Å². The highest BCUT2D eigenvalue weighted by Gasteiger charge is 2.18. The van der Waals surface area contributed by atoms with Crippen molar-refractivity contribution in [1.82, 2.24) is 16.0 Å². The van der Waals surface area contributed by atoms with Gasteiger partial charge in [-0.25, -0.2) is 0 Å². The molecule has 0 bridgehead atoms. The van der Waals surface area contributed by atoms with Gasteiger partial charge in [-0.1, -0.05) is 12.8 Å². The van der Waals surface area contributed by atoms with E-state index in [9.17, 15) is 4.79 Å². The van der Waals surface area contributed by atoms with E-state index >= 15 is 0 Å². The van der Waals surface area contributed by atoms with E-state index in [1.165, 1.54) is 25.7 Å². The fraction of sp³-hybridized carbons (Fsp3) is 0.905. The van der Waals surface area contributed by atoms with Crippen LogP contribution in [0.1, 0.15) is 58.3 Å². The van der Waals surface area contributed by atoms with Crippen LogP contribution in [-0.2, 0) is 14.3 Å². The van der Waals surface area contributed by atoms with E-state index in [1.54, 1.807) is 0 Å². The average molecular weight is 397 g/mol. The lowest BCUT2D eigenvalue weighted by atomic mass is 10.0. The fourth-order valence-corrected chi connectivity index (χ4v) is 3.79. The zero-order chi connectivity index (χ0) is 19.9. The Morgan fingerprint density at radius 2 is 1.79 bits per heavy atom. The molecule has 1 aliphatic carbocycles. The Morgan fingerprint density at radius 1 is 1.04 bits per heavy atom. The predicted molar refractivity (Wildman–Crippen MR) is 113 cm³/mol. The second-order valence-electron chi connectivity index (χ2n) is 7.88. The van der Waals surface area contributed by atoms with Gasteiger partial charge in [-0.3, -0.25) is 9.79 Å². The molecule has 3 N–H and O–H groups in total. The number of nitrogens with zero attached hydrogens (tertiary/aromatic N) is 1. The quantitative estimate of drug-likeness (QED) is 0.267. The van der Waals surface area contributed by atoms with Crippen molar-refractivity contribution in [3.05, 3.63) is 0 Å². The van der Waals surface area contributed by atoms with E-state index in [-0.39, 0.29) is 5.91 Å². The van der Waals surface area contributed by atoms with Crippen LogP contribution in [0, 0.1) is 11.8 Å². The van der Waals surface area contributed by atoms with Gasteiger partial charge in [-0.05, 0) is 50.9 Å². The van der Waals surface area contributed by atoms with Crippen molar-refractivity contribution in [1.29, 1.82) is 0 Å². The largest absolute Gasteiger partial charge is 0.381 e. The van der Waals surface area contributed by atoms with Crippen LogP contribution in [0.5, 0.6) is 0 Å². The van der Waals surface area contributed by atoms with Gasteiger partial charge < -0.3 is 25.4 Å². The maximum atomic E-state index is 12.0. The van der Waals surface area contributed by atoms with Crippen molar-refractivity contribution in [2.45, 2.75) is 58.3 Å². The molecule has 7 nitrogen and oxygen atoms in total. The number of amides is 1. The molecule has 0 aromatic heterocycles. The summed E-state index contributed by atoms with van der Waals surface area (Å²) < 4.78 is 11.1. The Bertz CT molecular complexity index is 447. The number of carbonyl (C=O) groups excluding carboxylic acids is 1. The van der Waals surface area contributed by atoms with Gasteiger partial charge in [0.25, 0.3) is 0 Å². The van der Waals surface area contributed by atoms with Crippen molar-refractivity contribution in [3.63, 3.8) is 0 Å². The highest BCUT2D eigenvalue weighted by atomic mass is 16.5. The molecule has 1 heterocycles. The summed E-state index contributed by atoms with van der Waals surface area (Å²) in [6, 6.07) is 0. The molecule has 2 fully saturated rings. The van der Waals surface area contributed by atoms with Gasteiger partial charge in [0.15, 0.2) is 5.96 Å². The first kappa shape index (κ1) is 22.9. The molecule has 1 saturated carbocycles. The van der Waals surface area contributed by atoms with Crippen molar-refractivity contribution in [2.75, 3.05) is 52.6 Å². The average Bonchev–Trinajstić information content (AvgIpc) is 3.21. The summed E-state index contributed by atoms with van der Waals surface area (Å²) in [4.78, 5) is 16.5. The number of hydrogen-bond donors (Lipinski definition) is 3. The molecule has 0 unspecified atom stereocenters. The van der Waals surface area contributed by atoms with Crippen molar-refractivity contribution >= 4 is 11.9 Å². The van der Waals surface area contributed by atoms with Crippen LogP contribution >= 0.6 is 0 Å². The second kappa shape index (κ2) is 14.6. The number of carbonyl (C=O) groups is 1. The van der Waals surface area contributed by atoms with Crippen LogP contribution in [0.2, 0.25) is 0 Å². The monoisotopic (exact) mass is 396 g/mol. The summed E-state index contributed by atoms with van der Waals surface area (Å²) in [6.07, 6.45) is 8.81. The Hall–Kier alpha value is -1.34. The maximum absolute atomic E-state index is 12.0. The normalized spacial score (nSPS) is 19.0. The molecule has 2 rings (SSSR count). The number of hydrogen-bond acceptors (Lipinski definition) is 4. The van der Waals surface area contributed by atoms with E-state index in [2.05, 4.69) is 27.9 Å². The molecule has 28 heavy (non-hydrogen) atoms. The minimum atomic E-state index is 0.178. The first-order valence-corrected chi connectivity index (χ1v) is 11.2. The van der Waals surface area contributed by atoms with E-state index in [1.807, 2.05) is 0 Å². The Kier molecular flexibility index (Phi) is 12.0. The molecule has 0 aromatic rings. The Balaban J connectivity index is 1.49. The van der Waals surface area contributed by atoms with Gasteiger partial charge in [0.05, 0.1) is 0 Å². The van der Waals surface area contributed by atoms with Crippen LogP contribution in [0.25, 0.3) is 0 Å². The zero-order valence-corrected chi connectivity index (χ0v) is 17.6. The molecule has 1 saturated heterocycles. The van der Waals surface area contributed by atoms with Crippen LogP contribution < -0.4 is 16.0 Å². The van der Waals surface area contributed by atoms with E-state index < -0.39 is 0 Å². The zero-order valence-electron chi connectivity index (χ0n) is 17.6. The third kappa shape index (κ3) is 10.3. The molecular formula is C21H40N4O3. The summed E-state index contributed by atoms with van der Waals surface area (Å²) >= 11 is 0. The topological polar surface area (TPSA) is 84.0 Å². The first-order chi connectivity index (χ1) is 13.8. The van der Waals surface area contributed by atoms with Gasteiger partial charge in [-0.2, -0.15) is 0 Å². The summed E-state index contributed by atoms with van der Waals surface area (Å²) in [7, 11) is 0. The van der Waals surface area contributed by atoms with Crippen LogP contribution in [0.15, 0.2) is 4.99 Å². The van der Waals surface area contributed by atoms with Crippen molar-refractivity contribution in [3.8, 4) is 0 Å². The molecule has 2 aliphatic rings. The summed E-state index contributed by atoms with van der Waals surface area (Å²) in [5.41, 5.74) is 0. The van der Waals surface area contributed by atoms with Gasteiger partial charge in [0.2, 0.25) is 5.91 Å². The molecule has 0 radical (unpaired) electrons. The van der Waals surface area contributed by atoms with Gasteiger partial charge >= 0.3 is 0 Å². The Labute approximate surface area is 170 Å². The summed E-state index contributed by atoms with van der Waals surface area (Å²) in [5, 5.41) is 9.53. The van der Waals surface area contributed by atoms with Gasteiger partial charge in [0.1, 0.15) is 0 Å². The first-order valence-electron chi connectivity index (χ1n) is 11.2. The maximum Gasteiger partial charge on any atom is 0.220 e. The molecule has 0 aromatic carbocycles. The smallest absolute Gasteiger partial charge is 0.220 e. The highest BCUT2D eigenvalue weighted by Crippen LogP contribution is 2.27. The summed E-state index contributed by atoms with van der Waals surface area (Å²) in [5.74, 6) is 2.23. The number of ether oxygens (including phenoxy) is 2. The van der Waals surface area contributed by atoms with Crippen molar-refractivity contribution in [2.24, 2.45) is 16.8 Å². The minimum Gasteiger partial charge on any atom is -0.381 e. The van der Waals surface area contributed by atoms with Crippen LogP contribution in [-0.4, -0.2) is 64.5 Å². The van der Waals surface area contributed by atoms with Gasteiger partial charge in [-0.15, -0.1) is 0 Å². The molecule has 1 aliphatic heterocycles. The molecule has 0 atom stereocenters. The molecule has 1 amide bonds. The Morgan fingerprint density at radius 3 is 2.54 bits per heavy atom. The van der Waals surface area contributed by atoms with E-state index in [4.69, 9.17) is 9.47 Å². The minimum absolute atomic E-state index is 0.178. The highest BCUT2D eigenvalue weighted by molar-refractivity contribution is 5.80. The molecule has 7 heteroatoms. The lowest BCUT2D eigenvalue weighted by Gasteiger charge is -2.21. The molecule has 0 spiro atoms. The third-order valence-electron chi connectivity index (χ3n) is 5.44. The molecule has 162 valence electrons. The number of rotatable bonds is 12. The fourth-order valence-electron chi connectivity index (χ4n) is 3.79. The molecular weight excluding hydrogens is 356 g/mol. The number of nitrogens with one attached hydrogen (secondary N) is 3. The lowest BCUT2D eigenvalue weighted by Crippen LogP contribution is -2.41. The number of aliphatic imine (C=N–C) groups is 1. The van der Waals surface area contributed by atoms with Crippen molar-refractivity contribution < 1.29 is 14.3 Å². The predicted octanol–water partition coefficient (Wildman–Crippen LogP) is 2.07. The van der Waals surface area contributed by atoms with Crippen LogP contribution in [0.4, 0.5) is 0 Å². The number of guanidine groups is 1. The third-order valence-corrected chi connectivity index (χ3v) is 5.44. The summed E-state index contributed by atoms with van der Waals surface area (Å²) in [6.45, 7) is 8.25. The lowest BCUT2D eigenvalue weighted by molar-refractivity contribution is -0.121. The second-order valence-corrected chi connectivity index (χ2v) is 7.88. The van der Waals surface area contributed by atoms with Gasteiger partial charge in [0, 0.05) is 59.0 Å². The SMILES string of the molecule is CCNC(=NCCCOCC1CCOCC1)NCCNC(=O)CC1CCCC1.